The monoisotopic (exact) mass is 408 g/mol. The Bertz CT molecular complexity index is 1010. The van der Waals surface area contributed by atoms with E-state index >= 15 is 0 Å². The number of fused-ring (bicyclic) bond motifs is 1. The summed E-state index contributed by atoms with van der Waals surface area (Å²) in [7, 11) is 1.65. The number of aromatic nitrogens is 1. The number of hydrogen-bond acceptors (Lipinski definition) is 5. The second-order valence-electron chi connectivity index (χ2n) is 7.07. The van der Waals surface area contributed by atoms with Crippen molar-refractivity contribution in [2.24, 2.45) is 0 Å². The molecule has 0 bridgehead atoms. The predicted octanol–water partition coefficient (Wildman–Crippen LogP) is 4.25. The first-order valence-electron chi connectivity index (χ1n) is 9.70. The summed E-state index contributed by atoms with van der Waals surface area (Å²) < 4.78 is 10.9. The van der Waals surface area contributed by atoms with Crippen molar-refractivity contribution in [2.75, 3.05) is 32.6 Å². The first-order valence-corrected chi connectivity index (χ1v) is 10.7. The number of morpholine rings is 1. The number of carbonyl (C=O) groups excluding carboxylic acids is 1. The molecule has 0 N–H and O–H groups in total. The summed E-state index contributed by atoms with van der Waals surface area (Å²) in [4.78, 5) is 19.3. The third kappa shape index (κ3) is 4.54. The smallest absolute Gasteiger partial charge is 0.233 e. The number of ether oxygens (including phenoxy) is 2. The molecule has 2 heterocycles. The van der Waals surface area contributed by atoms with E-state index in [0.29, 0.717) is 25.4 Å². The lowest BCUT2D eigenvalue weighted by Gasteiger charge is -2.31. The largest absolute Gasteiger partial charge is 0.497 e. The standard InChI is InChI=1S/C23H24N2O3S/c1-16-14-25(10-11-28-16)23(26)15-29-22-13-20(17-6-4-3-5-7-17)19-9-8-18(27-2)12-21(19)24-22/h3-9,12-13,16H,10-11,14-15H2,1-2H3/t16-/m1/s1. The molecule has 2 aromatic carbocycles. The van der Waals surface area contributed by atoms with Gasteiger partial charge >= 0.3 is 0 Å². The van der Waals surface area contributed by atoms with Gasteiger partial charge in [0, 0.05) is 24.5 Å². The van der Waals surface area contributed by atoms with E-state index in [2.05, 4.69) is 18.2 Å². The van der Waals surface area contributed by atoms with Gasteiger partial charge in [-0.3, -0.25) is 4.79 Å². The maximum absolute atomic E-state index is 12.6. The molecule has 0 radical (unpaired) electrons. The van der Waals surface area contributed by atoms with Crippen LogP contribution in [-0.4, -0.2) is 54.5 Å². The highest BCUT2D eigenvalue weighted by Gasteiger charge is 2.21. The molecule has 6 heteroatoms. The molecule has 1 atom stereocenters. The number of benzene rings is 2. The van der Waals surface area contributed by atoms with Crippen molar-refractivity contribution in [2.45, 2.75) is 18.1 Å². The predicted molar refractivity (Wildman–Crippen MR) is 116 cm³/mol. The van der Waals surface area contributed by atoms with Gasteiger partial charge in [-0.15, -0.1) is 0 Å². The summed E-state index contributed by atoms with van der Waals surface area (Å²) in [5.41, 5.74) is 3.09. The van der Waals surface area contributed by atoms with E-state index in [0.717, 1.165) is 32.8 Å². The van der Waals surface area contributed by atoms with E-state index < -0.39 is 0 Å². The first-order chi connectivity index (χ1) is 14.1. The van der Waals surface area contributed by atoms with Crippen molar-refractivity contribution in [1.29, 1.82) is 0 Å². The lowest BCUT2D eigenvalue weighted by Crippen LogP contribution is -2.45. The summed E-state index contributed by atoms with van der Waals surface area (Å²) in [5.74, 6) is 1.26. The van der Waals surface area contributed by atoms with E-state index in [1.165, 1.54) is 11.8 Å². The van der Waals surface area contributed by atoms with Crippen LogP contribution < -0.4 is 4.74 Å². The zero-order valence-electron chi connectivity index (χ0n) is 16.6. The molecule has 0 saturated carbocycles. The molecule has 29 heavy (non-hydrogen) atoms. The summed E-state index contributed by atoms with van der Waals surface area (Å²) in [5, 5.41) is 1.90. The van der Waals surface area contributed by atoms with Crippen molar-refractivity contribution in [3.05, 3.63) is 54.6 Å². The Morgan fingerprint density at radius 1 is 1.24 bits per heavy atom. The van der Waals surface area contributed by atoms with Gasteiger partial charge in [-0.25, -0.2) is 4.98 Å². The third-order valence-corrected chi connectivity index (χ3v) is 5.91. The SMILES string of the molecule is COc1ccc2c(-c3ccccc3)cc(SCC(=O)N3CCO[C@H](C)C3)nc2c1. The van der Waals surface area contributed by atoms with Crippen LogP contribution >= 0.6 is 11.8 Å². The number of thioether (sulfide) groups is 1. The van der Waals surface area contributed by atoms with Gasteiger partial charge < -0.3 is 14.4 Å². The number of carbonyl (C=O) groups is 1. The minimum atomic E-state index is 0.0913. The van der Waals surface area contributed by atoms with E-state index in [4.69, 9.17) is 14.5 Å². The van der Waals surface area contributed by atoms with E-state index in [9.17, 15) is 4.79 Å². The highest BCUT2D eigenvalue weighted by atomic mass is 32.2. The van der Waals surface area contributed by atoms with Crippen LogP contribution in [0.25, 0.3) is 22.0 Å². The van der Waals surface area contributed by atoms with E-state index in [1.807, 2.05) is 48.2 Å². The van der Waals surface area contributed by atoms with Crippen LogP contribution in [0.1, 0.15) is 6.92 Å². The fourth-order valence-corrected chi connectivity index (χ4v) is 4.33. The quantitative estimate of drug-likeness (QED) is 0.591. The molecule has 1 saturated heterocycles. The molecule has 3 aromatic rings. The molecule has 0 aliphatic carbocycles. The van der Waals surface area contributed by atoms with Gasteiger partial charge in [0.2, 0.25) is 5.91 Å². The lowest BCUT2D eigenvalue weighted by molar-refractivity contribution is -0.135. The van der Waals surface area contributed by atoms with Crippen LogP contribution in [-0.2, 0) is 9.53 Å². The molecular weight excluding hydrogens is 384 g/mol. The van der Waals surface area contributed by atoms with Crippen LogP contribution in [0.5, 0.6) is 5.75 Å². The van der Waals surface area contributed by atoms with E-state index in [-0.39, 0.29) is 12.0 Å². The van der Waals surface area contributed by atoms with Gasteiger partial charge in [0.05, 0.1) is 36.1 Å². The molecule has 1 fully saturated rings. The molecule has 0 spiro atoms. The Kier molecular flexibility index (Phi) is 6.02. The van der Waals surface area contributed by atoms with Gasteiger partial charge in [-0.2, -0.15) is 0 Å². The Labute approximate surface area is 175 Å². The summed E-state index contributed by atoms with van der Waals surface area (Å²) in [6.07, 6.45) is 0.0913. The van der Waals surface area contributed by atoms with Crippen molar-refractivity contribution in [3.63, 3.8) is 0 Å². The van der Waals surface area contributed by atoms with E-state index in [1.54, 1.807) is 7.11 Å². The fraction of sp³-hybridized carbons (Fsp3) is 0.304. The lowest BCUT2D eigenvalue weighted by atomic mass is 10.0. The summed E-state index contributed by atoms with van der Waals surface area (Å²) in [6, 6.07) is 18.3. The Hall–Kier alpha value is -2.57. The average molecular weight is 409 g/mol. The van der Waals surface area contributed by atoms with Crippen LogP contribution in [0.3, 0.4) is 0 Å². The number of amides is 1. The highest BCUT2D eigenvalue weighted by Crippen LogP contribution is 2.33. The molecular formula is C23H24N2O3S. The van der Waals surface area contributed by atoms with Crippen LogP contribution in [0, 0.1) is 0 Å². The van der Waals surface area contributed by atoms with Crippen molar-refractivity contribution in [1.82, 2.24) is 9.88 Å². The molecule has 1 aliphatic rings. The molecule has 1 aliphatic heterocycles. The molecule has 4 rings (SSSR count). The van der Waals surface area contributed by atoms with Crippen LogP contribution in [0.4, 0.5) is 0 Å². The van der Waals surface area contributed by atoms with Crippen molar-refractivity contribution >= 4 is 28.6 Å². The molecule has 1 aromatic heterocycles. The Morgan fingerprint density at radius 3 is 2.83 bits per heavy atom. The first kappa shape index (κ1) is 19.7. The summed E-state index contributed by atoms with van der Waals surface area (Å²) >= 11 is 1.48. The molecule has 5 nitrogen and oxygen atoms in total. The maximum Gasteiger partial charge on any atom is 0.233 e. The zero-order valence-corrected chi connectivity index (χ0v) is 17.4. The fourth-order valence-electron chi connectivity index (χ4n) is 3.51. The Balaban J connectivity index is 1.62. The normalized spacial score (nSPS) is 16.8. The maximum atomic E-state index is 12.6. The molecule has 150 valence electrons. The number of methoxy groups -OCH3 is 1. The highest BCUT2D eigenvalue weighted by molar-refractivity contribution is 7.99. The van der Waals surface area contributed by atoms with Gasteiger partial charge in [-0.1, -0.05) is 42.1 Å². The zero-order chi connectivity index (χ0) is 20.2. The second-order valence-corrected chi connectivity index (χ2v) is 8.06. The summed E-state index contributed by atoms with van der Waals surface area (Å²) in [6.45, 7) is 3.90. The minimum Gasteiger partial charge on any atom is -0.497 e. The topological polar surface area (TPSA) is 51.7 Å². The van der Waals surface area contributed by atoms with Crippen molar-refractivity contribution < 1.29 is 14.3 Å². The Morgan fingerprint density at radius 2 is 2.07 bits per heavy atom. The number of rotatable bonds is 5. The molecule has 0 unspecified atom stereocenters. The van der Waals surface area contributed by atoms with Crippen LogP contribution in [0.2, 0.25) is 0 Å². The van der Waals surface area contributed by atoms with Gasteiger partial charge in [0.15, 0.2) is 0 Å². The second kappa shape index (κ2) is 8.84. The average Bonchev–Trinajstić information content (AvgIpc) is 2.77. The number of hydrogen-bond donors (Lipinski definition) is 0. The van der Waals surface area contributed by atoms with Gasteiger partial charge in [0.25, 0.3) is 0 Å². The van der Waals surface area contributed by atoms with Gasteiger partial charge in [0.1, 0.15) is 5.75 Å². The van der Waals surface area contributed by atoms with Crippen LogP contribution in [0.15, 0.2) is 59.6 Å². The van der Waals surface area contributed by atoms with Gasteiger partial charge in [-0.05, 0) is 36.2 Å². The minimum absolute atomic E-state index is 0.0913. The third-order valence-electron chi connectivity index (χ3n) is 5.02. The number of nitrogens with zero attached hydrogens (tertiary/aromatic N) is 2. The number of pyridine rings is 1. The molecule has 1 amide bonds. The van der Waals surface area contributed by atoms with Crippen molar-refractivity contribution in [3.8, 4) is 16.9 Å².